The van der Waals surface area contributed by atoms with Crippen molar-refractivity contribution in [3.8, 4) is 0 Å². The second-order valence-electron chi connectivity index (χ2n) is 7.14. The molecule has 1 saturated carbocycles. The molecule has 8 heteroatoms. The molecule has 0 aromatic heterocycles. The first-order chi connectivity index (χ1) is 12.2. The SMILES string of the molecule is CC1OC=C2C(=O)N[C@H]3[C@H]2[C@H]1[C@@](C)(O)[C@H]3OC(=O)c1ccc(Br)cc1Br. The van der Waals surface area contributed by atoms with Crippen molar-refractivity contribution in [2.75, 3.05) is 0 Å². The average Bonchev–Trinajstić information content (AvgIpc) is 2.98. The van der Waals surface area contributed by atoms with Crippen molar-refractivity contribution in [3.05, 3.63) is 44.5 Å². The van der Waals surface area contributed by atoms with Crippen LogP contribution in [0, 0.1) is 11.8 Å². The molecule has 1 unspecified atom stereocenters. The van der Waals surface area contributed by atoms with Crippen LogP contribution >= 0.6 is 31.9 Å². The van der Waals surface area contributed by atoms with Gasteiger partial charge in [0.2, 0.25) is 0 Å². The second kappa shape index (κ2) is 6.07. The smallest absolute Gasteiger partial charge is 0.339 e. The number of ether oxygens (including phenoxy) is 2. The Labute approximate surface area is 167 Å². The number of rotatable bonds is 2. The minimum atomic E-state index is -1.33. The zero-order chi connectivity index (χ0) is 18.8. The highest BCUT2D eigenvalue weighted by Crippen LogP contribution is 2.52. The van der Waals surface area contributed by atoms with Gasteiger partial charge in [0.1, 0.15) is 11.7 Å². The van der Waals surface area contributed by atoms with Crippen LogP contribution in [0.25, 0.3) is 0 Å². The Kier molecular flexibility index (Phi) is 4.20. The molecule has 1 aromatic rings. The Morgan fingerprint density at radius 1 is 1.38 bits per heavy atom. The van der Waals surface area contributed by atoms with Crippen molar-refractivity contribution in [2.24, 2.45) is 11.8 Å². The predicted octanol–water partition coefficient (Wildman–Crippen LogP) is 2.54. The largest absolute Gasteiger partial charge is 0.497 e. The molecule has 3 aliphatic rings. The highest BCUT2D eigenvalue weighted by atomic mass is 79.9. The minimum absolute atomic E-state index is 0.238. The van der Waals surface area contributed by atoms with E-state index < -0.39 is 23.7 Å². The summed E-state index contributed by atoms with van der Waals surface area (Å²) in [7, 11) is 0. The standard InChI is InChI=1S/C18H17Br2NO5/c1-7-13-12-10(6-25-7)16(22)21-14(12)15(18(13,2)24)26-17(23)9-4-3-8(19)5-11(9)20/h3-7,12-15,24H,1-2H3,(H,21,22)/t7?,12-,13+,14+,15+,18-/m1/s1. The summed E-state index contributed by atoms with van der Waals surface area (Å²) in [5, 5.41) is 14.0. The molecule has 1 aromatic carbocycles. The average molecular weight is 487 g/mol. The number of benzene rings is 1. The monoisotopic (exact) mass is 485 g/mol. The van der Waals surface area contributed by atoms with Gasteiger partial charge < -0.3 is 19.9 Å². The lowest BCUT2D eigenvalue weighted by atomic mass is 9.78. The summed E-state index contributed by atoms with van der Waals surface area (Å²) in [4.78, 5) is 24.9. The Hall–Kier alpha value is -1.38. The molecule has 0 radical (unpaired) electrons. The predicted molar refractivity (Wildman–Crippen MR) is 99.2 cm³/mol. The molecule has 138 valence electrons. The van der Waals surface area contributed by atoms with Crippen molar-refractivity contribution < 1.29 is 24.2 Å². The van der Waals surface area contributed by atoms with Crippen molar-refractivity contribution in [1.82, 2.24) is 5.32 Å². The molecule has 0 bridgehead atoms. The molecular formula is C18H17Br2NO5. The summed E-state index contributed by atoms with van der Waals surface area (Å²) in [5.41, 5.74) is -0.482. The first-order valence-corrected chi connectivity index (χ1v) is 9.85. The number of esters is 1. The van der Waals surface area contributed by atoms with E-state index in [-0.39, 0.29) is 23.8 Å². The summed E-state index contributed by atoms with van der Waals surface area (Å²) in [6.07, 6.45) is 0.295. The third kappa shape index (κ3) is 2.53. The maximum absolute atomic E-state index is 12.7. The maximum atomic E-state index is 12.7. The van der Waals surface area contributed by atoms with Gasteiger partial charge in [-0.25, -0.2) is 4.79 Å². The van der Waals surface area contributed by atoms with Gasteiger partial charge in [0.05, 0.1) is 23.4 Å². The number of nitrogens with one attached hydrogen (secondary N) is 1. The van der Waals surface area contributed by atoms with Crippen molar-refractivity contribution in [1.29, 1.82) is 0 Å². The molecule has 2 aliphatic heterocycles. The van der Waals surface area contributed by atoms with Crippen molar-refractivity contribution >= 4 is 43.7 Å². The maximum Gasteiger partial charge on any atom is 0.339 e. The molecule has 2 N–H and O–H groups in total. The van der Waals surface area contributed by atoms with Gasteiger partial charge in [-0.05, 0) is 48.0 Å². The summed E-state index contributed by atoms with van der Waals surface area (Å²) >= 11 is 6.70. The van der Waals surface area contributed by atoms with Crippen LogP contribution in [0.5, 0.6) is 0 Å². The molecule has 2 heterocycles. The Bertz CT molecular complexity index is 837. The van der Waals surface area contributed by atoms with Gasteiger partial charge >= 0.3 is 5.97 Å². The molecule has 0 spiro atoms. The number of halogens is 2. The summed E-state index contributed by atoms with van der Waals surface area (Å²) in [5.74, 6) is -1.39. The van der Waals surface area contributed by atoms with E-state index in [4.69, 9.17) is 9.47 Å². The van der Waals surface area contributed by atoms with Crippen LogP contribution in [0.15, 0.2) is 39.0 Å². The normalized spacial score (nSPS) is 37.5. The minimum Gasteiger partial charge on any atom is -0.497 e. The van der Waals surface area contributed by atoms with Crippen LogP contribution in [0.3, 0.4) is 0 Å². The quantitative estimate of drug-likeness (QED) is 0.627. The first-order valence-electron chi connectivity index (χ1n) is 8.26. The molecule has 2 fully saturated rings. The summed E-state index contributed by atoms with van der Waals surface area (Å²) < 4.78 is 12.7. The van der Waals surface area contributed by atoms with E-state index in [0.29, 0.717) is 15.6 Å². The second-order valence-corrected chi connectivity index (χ2v) is 8.91. The number of carbonyl (C=O) groups excluding carboxylic acids is 2. The molecule has 6 atom stereocenters. The topological polar surface area (TPSA) is 84.9 Å². The van der Waals surface area contributed by atoms with Crippen LogP contribution in [-0.2, 0) is 14.3 Å². The van der Waals surface area contributed by atoms with Gasteiger partial charge in [-0.3, -0.25) is 4.79 Å². The number of aliphatic hydroxyl groups is 1. The lowest BCUT2D eigenvalue weighted by Crippen LogP contribution is -2.52. The number of carbonyl (C=O) groups is 2. The van der Waals surface area contributed by atoms with E-state index in [2.05, 4.69) is 37.2 Å². The van der Waals surface area contributed by atoms with E-state index in [1.165, 1.54) is 6.26 Å². The number of hydrogen-bond donors (Lipinski definition) is 2. The third-order valence-electron chi connectivity index (χ3n) is 5.57. The third-order valence-corrected chi connectivity index (χ3v) is 6.72. The summed E-state index contributed by atoms with van der Waals surface area (Å²) in [6.45, 7) is 3.49. The summed E-state index contributed by atoms with van der Waals surface area (Å²) in [6, 6.07) is 4.65. The van der Waals surface area contributed by atoms with Crippen molar-refractivity contribution in [2.45, 2.75) is 37.7 Å². The van der Waals surface area contributed by atoms with Crippen molar-refractivity contribution in [3.63, 3.8) is 0 Å². The number of amides is 1. The van der Waals surface area contributed by atoms with Crippen LogP contribution < -0.4 is 5.32 Å². The number of hydrogen-bond acceptors (Lipinski definition) is 5. The van der Waals surface area contributed by atoms with E-state index in [0.717, 1.165) is 4.47 Å². The lowest BCUT2D eigenvalue weighted by Gasteiger charge is -2.37. The fraction of sp³-hybridized carbons (Fsp3) is 0.444. The van der Waals surface area contributed by atoms with Crippen LogP contribution in [0.1, 0.15) is 24.2 Å². The van der Waals surface area contributed by atoms with Gasteiger partial charge in [-0.1, -0.05) is 15.9 Å². The van der Waals surface area contributed by atoms with E-state index in [1.54, 1.807) is 25.1 Å². The van der Waals surface area contributed by atoms with Crippen LogP contribution in [-0.4, -0.2) is 40.8 Å². The van der Waals surface area contributed by atoms with E-state index >= 15 is 0 Å². The molecule has 4 rings (SSSR count). The van der Waals surface area contributed by atoms with E-state index in [9.17, 15) is 14.7 Å². The zero-order valence-electron chi connectivity index (χ0n) is 14.0. The zero-order valence-corrected chi connectivity index (χ0v) is 17.2. The Morgan fingerprint density at radius 2 is 2.12 bits per heavy atom. The molecule has 1 saturated heterocycles. The molecule has 26 heavy (non-hydrogen) atoms. The van der Waals surface area contributed by atoms with Gasteiger partial charge in [0.15, 0.2) is 6.10 Å². The van der Waals surface area contributed by atoms with E-state index in [1.807, 2.05) is 6.92 Å². The highest BCUT2D eigenvalue weighted by Gasteiger charge is 2.67. The van der Waals surface area contributed by atoms with Crippen LogP contribution in [0.4, 0.5) is 0 Å². The Balaban J connectivity index is 1.67. The first kappa shape index (κ1) is 18.0. The van der Waals surface area contributed by atoms with Gasteiger partial charge in [-0.2, -0.15) is 0 Å². The van der Waals surface area contributed by atoms with Gasteiger partial charge in [-0.15, -0.1) is 0 Å². The van der Waals surface area contributed by atoms with Gasteiger partial charge in [0, 0.05) is 20.8 Å². The molecule has 1 amide bonds. The molecular weight excluding hydrogens is 470 g/mol. The fourth-order valence-electron chi connectivity index (χ4n) is 4.46. The molecule has 6 nitrogen and oxygen atoms in total. The fourth-order valence-corrected chi connectivity index (χ4v) is 5.67. The highest BCUT2D eigenvalue weighted by molar-refractivity contribution is 9.11. The Morgan fingerprint density at radius 3 is 2.81 bits per heavy atom. The van der Waals surface area contributed by atoms with Crippen LogP contribution in [0.2, 0.25) is 0 Å². The van der Waals surface area contributed by atoms with Gasteiger partial charge in [0.25, 0.3) is 5.91 Å². The lowest BCUT2D eigenvalue weighted by molar-refractivity contribution is -0.126. The molecule has 1 aliphatic carbocycles.